The van der Waals surface area contributed by atoms with E-state index in [2.05, 4.69) is 13.8 Å². The van der Waals surface area contributed by atoms with Gasteiger partial charge in [-0.1, -0.05) is 57.0 Å². The van der Waals surface area contributed by atoms with E-state index in [0.29, 0.717) is 12.3 Å². The number of benzene rings is 1. The van der Waals surface area contributed by atoms with Crippen LogP contribution in [0.4, 0.5) is 0 Å². The molecule has 0 radical (unpaired) electrons. The summed E-state index contributed by atoms with van der Waals surface area (Å²) >= 11 is 0. The van der Waals surface area contributed by atoms with Gasteiger partial charge in [-0.2, -0.15) is 0 Å². The Morgan fingerprint density at radius 1 is 1.20 bits per heavy atom. The zero-order valence-corrected chi connectivity index (χ0v) is 9.70. The summed E-state index contributed by atoms with van der Waals surface area (Å²) in [5.74, 6) is 0.946. The third kappa shape index (κ3) is 4.28. The Labute approximate surface area is 92.5 Å². The maximum Gasteiger partial charge on any atom is 0.162 e. The molecule has 1 unspecified atom stereocenters. The van der Waals surface area contributed by atoms with Crippen LogP contribution in [0.1, 0.15) is 49.9 Å². The van der Waals surface area contributed by atoms with Gasteiger partial charge in [-0.15, -0.1) is 0 Å². The van der Waals surface area contributed by atoms with Gasteiger partial charge in [0.05, 0.1) is 0 Å². The Bertz CT molecular complexity index is 289. The molecule has 0 heterocycles. The SMILES string of the molecule is CCCC(C)CCC(=O)c1ccccc1. The smallest absolute Gasteiger partial charge is 0.162 e. The lowest BCUT2D eigenvalue weighted by atomic mass is 9.97. The van der Waals surface area contributed by atoms with E-state index < -0.39 is 0 Å². The molecule has 0 aliphatic rings. The zero-order chi connectivity index (χ0) is 11.1. The van der Waals surface area contributed by atoms with Gasteiger partial charge in [0.1, 0.15) is 0 Å². The first-order chi connectivity index (χ1) is 7.24. The summed E-state index contributed by atoms with van der Waals surface area (Å²) in [4.78, 5) is 11.8. The van der Waals surface area contributed by atoms with E-state index in [-0.39, 0.29) is 5.78 Å². The summed E-state index contributed by atoms with van der Waals surface area (Å²) in [5.41, 5.74) is 0.848. The second-order valence-corrected chi connectivity index (χ2v) is 4.22. The lowest BCUT2D eigenvalue weighted by molar-refractivity contribution is 0.0974. The molecule has 1 heteroatoms. The summed E-state index contributed by atoms with van der Waals surface area (Å²) in [6.45, 7) is 4.41. The number of ketones is 1. The van der Waals surface area contributed by atoms with Crippen molar-refractivity contribution in [1.82, 2.24) is 0 Å². The number of carbonyl (C=O) groups is 1. The van der Waals surface area contributed by atoms with Crippen LogP contribution in [0.25, 0.3) is 0 Å². The van der Waals surface area contributed by atoms with E-state index in [1.165, 1.54) is 12.8 Å². The van der Waals surface area contributed by atoms with Crippen molar-refractivity contribution in [2.45, 2.75) is 39.5 Å². The van der Waals surface area contributed by atoms with Crippen molar-refractivity contribution >= 4 is 5.78 Å². The summed E-state index contributed by atoms with van der Waals surface area (Å²) < 4.78 is 0. The highest BCUT2D eigenvalue weighted by atomic mass is 16.1. The summed E-state index contributed by atoms with van der Waals surface area (Å²) in [6.07, 6.45) is 4.13. The van der Waals surface area contributed by atoms with Crippen molar-refractivity contribution in [3.8, 4) is 0 Å². The van der Waals surface area contributed by atoms with Gasteiger partial charge in [-0.3, -0.25) is 4.79 Å². The molecule has 1 rings (SSSR count). The largest absolute Gasteiger partial charge is 0.294 e. The fourth-order valence-corrected chi connectivity index (χ4v) is 1.78. The van der Waals surface area contributed by atoms with E-state index in [1.807, 2.05) is 30.3 Å². The fourth-order valence-electron chi connectivity index (χ4n) is 1.78. The molecule has 15 heavy (non-hydrogen) atoms. The molecule has 1 aromatic carbocycles. The summed E-state index contributed by atoms with van der Waals surface area (Å²) in [5, 5.41) is 0. The molecule has 1 aromatic rings. The number of hydrogen-bond acceptors (Lipinski definition) is 1. The molecule has 0 spiro atoms. The van der Waals surface area contributed by atoms with Crippen molar-refractivity contribution in [3.05, 3.63) is 35.9 Å². The quantitative estimate of drug-likeness (QED) is 0.638. The lowest BCUT2D eigenvalue weighted by Crippen LogP contribution is -2.02. The number of rotatable bonds is 6. The zero-order valence-electron chi connectivity index (χ0n) is 9.70. The van der Waals surface area contributed by atoms with Crippen molar-refractivity contribution in [3.63, 3.8) is 0 Å². The minimum absolute atomic E-state index is 0.276. The molecule has 1 nitrogen and oxygen atoms in total. The number of hydrogen-bond donors (Lipinski definition) is 0. The minimum atomic E-state index is 0.276. The van der Waals surface area contributed by atoms with Gasteiger partial charge in [-0.25, -0.2) is 0 Å². The molecule has 0 aliphatic heterocycles. The normalized spacial score (nSPS) is 12.4. The third-order valence-corrected chi connectivity index (χ3v) is 2.74. The Morgan fingerprint density at radius 3 is 2.47 bits per heavy atom. The van der Waals surface area contributed by atoms with E-state index >= 15 is 0 Å². The van der Waals surface area contributed by atoms with Crippen molar-refractivity contribution in [2.75, 3.05) is 0 Å². The van der Waals surface area contributed by atoms with Gasteiger partial charge in [0, 0.05) is 12.0 Å². The topological polar surface area (TPSA) is 17.1 Å². The molecule has 0 bridgehead atoms. The van der Waals surface area contributed by atoms with Gasteiger partial charge in [0.25, 0.3) is 0 Å². The van der Waals surface area contributed by atoms with Crippen LogP contribution < -0.4 is 0 Å². The molecule has 0 fully saturated rings. The average molecular weight is 204 g/mol. The minimum Gasteiger partial charge on any atom is -0.294 e. The van der Waals surface area contributed by atoms with Crippen LogP contribution in [0.15, 0.2) is 30.3 Å². The molecule has 0 N–H and O–H groups in total. The van der Waals surface area contributed by atoms with Gasteiger partial charge < -0.3 is 0 Å². The predicted molar refractivity (Wildman–Crippen MR) is 64.1 cm³/mol. The molecular weight excluding hydrogens is 184 g/mol. The number of Topliss-reactive ketones (excluding diaryl/α,β-unsaturated/α-hetero) is 1. The van der Waals surface area contributed by atoms with Crippen LogP contribution in [-0.4, -0.2) is 5.78 Å². The van der Waals surface area contributed by atoms with Crippen LogP contribution in [0.5, 0.6) is 0 Å². The molecule has 82 valence electrons. The second-order valence-electron chi connectivity index (χ2n) is 4.22. The second kappa shape index (κ2) is 6.39. The fraction of sp³-hybridized carbons (Fsp3) is 0.500. The van der Waals surface area contributed by atoms with Crippen LogP contribution in [-0.2, 0) is 0 Å². The van der Waals surface area contributed by atoms with Crippen LogP contribution in [0.2, 0.25) is 0 Å². The van der Waals surface area contributed by atoms with Gasteiger partial charge >= 0.3 is 0 Å². The van der Waals surface area contributed by atoms with Crippen LogP contribution in [0, 0.1) is 5.92 Å². The van der Waals surface area contributed by atoms with Crippen LogP contribution >= 0.6 is 0 Å². The number of carbonyl (C=O) groups excluding carboxylic acids is 1. The Kier molecular flexibility index (Phi) is 5.09. The standard InChI is InChI=1S/C14H20O/c1-3-7-12(2)10-11-14(15)13-8-5-4-6-9-13/h4-6,8-9,12H,3,7,10-11H2,1-2H3. The average Bonchev–Trinajstić information content (AvgIpc) is 2.27. The highest BCUT2D eigenvalue weighted by Crippen LogP contribution is 2.14. The summed E-state index contributed by atoms with van der Waals surface area (Å²) in [7, 11) is 0. The monoisotopic (exact) mass is 204 g/mol. The Hall–Kier alpha value is -1.11. The maximum atomic E-state index is 11.8. The first-order valence-corrected chi connectivity index (χ1v) is 5.82. The van der Waals surface area contributed by atoms with E-state index in [4.69, 9.17) is 0 Å². The van der Waals surface area contributed by atoms with E-state index in [0.717, 1.165) is 12.0 Å². The first-order valence-electron chi connectivity index (χ1n) is 5.82. The van der Waals surface area contributed by atoms with Gasteiger partial charge in [-0.05, 0) is 12.3 Å². The van der Waals surface area contributed by atoms with Gasteiger partial charge in [0.15, 0.2) is 5.78 Å². The molecule has 0 amide bonds. The molecule has 0 aromatic heterocycles. The van der Waals surface area contributed by atoms with E-state index in [9.17, 15) is 4.79 Å². The maximum absolute atomic E-state index is 11.8. The van der Waals surface area contributed by atoms with Crippen LogP contribution in [0.3, 0.4) is 0 Å². The highest BCUT2D eigenvalue weighted by molar-refractivity contribution is 5.95. The Balaban J connectivity index is 2.37. The van der Waals surface area contributed by atoms with E-state index in [1.54, 1.807) is 0 Å². The molecule has 0 saturated heterocycles. The van der Waals surface area contributed by atoms with Crippen molar-refractivity contribution in [2.24, 2.45) is 5.92 Å². The summed E-state index contributed by atoms with van der Waals surface area (Å²) in [6, 6.07) is 9.57. The van der Waals surface area contributed by atoms with Crippen molar-refractivity contribution < 1.29 is 4.79 Å². The third-order valence-electron chi connectivity index (χ3n) is 2.74. The molecule has 1 atom stereocenters. The Morgan fingerprint density at radius 2 is 1.87 bits per heavy atom. The first kappa shape index (κ1) is 12.0. The van der Waals surface area contributed by atoms with Crippen molar-refractivity contribution in [1.29, 1.82) is 0 Å². The lowest BCUT2D eigenvalue weighted by Gasteiger charge is -2.08. The molecule has 0 saturated carbocycles. The predicted octanol–water partition coefficient (Wildman–Crippen LogP) is 4.09. The van der Waals surface area contributed by atoms with Gasteiger partial charge in [0.2, 0.25) is 0 Å². The molecular formula is C14H20O. The molecule has 0 aliphatic carbocycles. The highest BCUT2D eigenvalue weighted by Gasteiger charge is 2.07.